The number of rotatable bonds is 6. The highest BCUT2D eigenvalue weighted by atomic mass is 28.4. The van der Waals surface area contributed by atoms with Crippen LogP contribution in [0.1, 0.15) is 73.6 Å². The van der Waals surface area contributed by atoms with Crippen molar-refractivity contribution in [2.24, 2.45) is 16.7 Å². The number of hydrogen-bond acceptors (Lipinski definition) is 7. The second-order valence-electron chi connectivity index (χ2n) is 13.3. The van der Waals surface area contributed by atoms with Gasteiger partial charge >= 0.3 is 5.97 Å². The number of methoxy groups -OCH3 is 1. The minimum absolute atomic E-state index is 0.00388. The summed E-state index contributed by atoms with van der Waals surface area (Å²) >= 11 is 0. The molecule has 36 heavy (non-hydrogen) atoms. The molecule has 8 heteroatoms. The van der Waals surface area contributed by atoms with Crippen LogP contribution in [0.3, 0.4) is 0 Å². The zero-order valence-electron chi connectivity index (χ0n) is 23.7. The molecule has 3 aliphatic carbocycles. The molecule has 0 N–H and O–H groups in total. The molecule has 7 nitrogen and oxygen atoms in total. The van der Waals surface area contributed by atoms with Gasteiger partial charge in [-0.1, -0.05) is 34.6 Å². The largest absolute Gasteiger partial charge is 0.459 e. The molecule has 204 valence electrons. The van der Waals surface area contributed by atoms with Gasteiger partial charge in [0, 0.05) is 43.3 Å². The number of carbonyl (C=O) groups is 2. The van der Waals surface area contributed by atoms with Gasteiger partial charge in [0.25, 0.3) is 0 Å². The predicted molar refractivity (Wildman–Crippen MR) is 139 cm³/mol. The molecule has 0 amide bonds. The molecule has 4 aliphatic rings. The van der Waals surface area contributed by atoms with E-state index >= 15 is 0 Å². The lowest BCUT2D eigenvalue weighted by molar-refractivity contribution is -0.231. The lowest BCUT2D eigenvalue weighted by Gasteiger charge is -2.56. The first kappa shape index (κ1) is 28.0. The van der Waals surface area contributed by atoms with Gasteiger partial charge in [0.15, 0.2) is 19.9 Å². The lowest BCUT2D eigenvalue weighted by atomic mass is 9.54. The molecule has 2 fully saturated rings. The van der Waals surface area contributed by atoms with Gasteiger partial charge in [0.05, 0.1) is 25.9 Å². The van der Waals surface area contributed by atoms with Crippen molar-refractivity contribution < 1.29 is 33.0 Å². The third-order valence-corrected chi connectivity index (χ3v) is 14.6. The second-order valence-corrected chi connectivity index (χ2v) is 18.0. The van der Waals surface area contributed by atoms with Crippen molar-refractivity contribution in [3.05, 3.63) is 11.1 Å². The molecular weight excluding hydrogens is 476 g/mol. The van der Waals surface area contributed by atoms with E-state index in [0.29, 0.717) is 32.5 Å². The molecule has 4 rings (SSSR count). The Morgan fingerprint density at radius 1 is 1.17 bits per heavy atom. The van der Waals surface area contributed by atoms with Gasteiger partial charge in [-0.25, -0.2) is 0 Å². The molecule has 5 atom stereocenters. The van der Waals surface area contributed by atoms with Crippen molar-refractivity contribution in [1.29, 1.82) is 0 Å². The summed E-state index contributed by atoms with van der Waals surface area (Å²) in [4.78, 5) is 26.0. The van der Waals surface area contributed by atoms with E-state index < -0.39 is 25.6 Å². The number of esters is 1. The van der Waals surface area contributed by atoms with Crippen molar-refractivity contribution in [2.45, 2.75) is 110 Å². The van der Waals surface area contributed by atoms with Crippen LogP contribution in [0, 0.1) is 16.7 Å². The molecular formula is C28H46O7Si. The molecule has 0 aromatic rings. The van der Waals surface area contributed by atoms with E-state index in [1.54, 1.807) is 7.11 Å². The van der Waals surface area contributed by atoms with Crippen molar-refractivity contribution in [2.75, 3.05) is 26.9 Å². The number of allylic oxidation sites excluding steroid dienone is 1. The summed E-state index contributed by atoms with van der Waals surface area (Å²) in [6.45, 7) is 18.5. The van der Waals surface area contributed by atoms with Gasteiger partial charge in [-0.05, 0) is 48.9 Å². The molecule has 1 spiro atoms. The number of hydrogen-bond donors (Lipinski definition) is 0. The Morgan fingerprint density at radius 3 is 2.36 bits per heavy atom. The predicted octanol–water partition coefficient (Wildman–Crippen LogP) is 5.18. The Hall–Kier alpha value is -1.06. The van der Waals surface area contributed by atoms with Crippen LogP contribution in [-0.4, -0.2) is 65.0 Å². The van der Waals surface area contributed by atoms with Gasteiger partial charge in [-0.3, -0.25) is 9.59 Å². The SMILES string of the molecule is COC[C@@H](OC(C)=O)[C@@]1(C)CCC(=O)C2=C1[C@H](O[Si](C)(C)C(C)(C)C)C[C@@]1(C)[C@H]2CCC12OCCO2. The van der Waals surface area contributed by atoms with Gasteiger partial charge in [-0.15, -0.1) is 0 Å². The highest BCUT2D eigenvalue weighted by Crippen LogP contribution is 2.66. The monoisotopic (exact) mass is 522 g/mol. The molecule has 1 saturated heterocycles. The standard InChI is InChI=1S/C28H46O7Si/c1-18(29)34-22(17-31-7)26(5)12-11-20(30)23-19-10-13-28(32-14-15-33-28)27(19,6)16-21(24(23)26)35-36(8,9)25(2,3)4/h19,21-22H,10-17H2,1-9H3/t19-,21+,22+,26+,27-/m0/s1. The first-order chi connectivity index (χ1) is 16.6. The van der Waals surface area contributed by atoms with Crippen LogP contribution in [0.2, 0.25) is 18.1 Å². The zero-order valence-corrected chi connectivity index (χ0v) is 24.7. The average molecular weight is 523 g/mol. The van der Waals surface area contributed by atoms with E-state index in [9.17, 15) is 9.59 Å². The van der Waals surface area contributed by atoms with Crippen LogP contribution in [0.15, 0.2) is 11.1 Å². The number of fused-ring (bicyclic) bond motifs is 3. The third-order valence-electron chi connectivity index (χ3n) is 10.1. The Morgan fingerprint density at radius 2 is 1.81 bits per heavy atom. The molecule has 0 radical (unpaired) electrons. The van der Waals surface area contributed by atoms with E-state index in [0.717, 1.165) is 24.0 Å². The Balaban J connectivity index is 1.91. The molecule has 1 aliphatic heterocycles. The quantitative estimate of drug-likeness (QED) is 0.351. The average Bonchev–Trinajstić information content (AvgIpc) is 3.35. The molecule has 0 bridgehead atoms. The fourth-order valence-electron chi connectivity index (χ4n) is 7.07. The zero-order chi connectivity index (χ0) is 26.7. The minimum atomic E-state index is -2.23. The smallest absolute Gasteiger partial charge is 0.303 e. The summed E-state index contributed by atoms with van der Waals surface area (Å²) in [6, 6.07) is 0. The van der Waals surface area contributed by atoms with E-state index in [1.807, 2.05) is 0 Å². The Bertz CT molecular complexity index is 929. The number of carbonyl (C=O) groups excluding carboxylic acids is 2. The topological polar surface area (TPSA) is 80.3 Å². The van der Waals surface area contributed by atoms with Gasteiger partial charge in [0.1, 0.15) is 6.10 Å². The molecule has 0 aromatic heterocycles. The summed E-state index contributed by atoms with van der Waals surface area (Å²) in [7, 11) is -0.607. The van der Waals surface area contributed by atoms with E-state index in [-0.39, 0.29) is 40.8 Å². The van der Waals surface area contributed by atoms with E-state index in [1.165, 1.54) is 6.92 Å². The normalized spacial score (nSPS) is 35.1. The third kappa shape index (κ3) is 4.25. The van der Waals surface area contributed by atoms with E-state index in [4.69, 9.17) is 23.4 Å². The maximum atomic E-state index is 13.8. The number of ketones is 1. The lowest BCUT2D eigenvalue weighted by Crippen LogP contribution is -2.58. The van der Waals surface area contributed by atoms with Gasteiger partial charge in [-0.2, -0.15) is 0 Å². The Labute approximate surface area is 217 Å². The summed E-state index contributed by atoms with van der Waals surface area (Å²) in [6.07, 6.45) is 2.57. The van der Waals surface area contributed by atoms with Crippen molar-refractivity contribution >= 4 is 20.1 Å². The summed E-state index contributed by atoms with van der Waals surface area (Å²) in [5, 5.41) is -0.00388. The van der Waals surface area contributed by atoms with Crippen molar-refractivity contribution in [3.63, 3.8) is 0 Å². The fraction of sp³-hybridized carbons (Fsp3) is 0.857. The van der Waals surface area contributed by atoms with Crippen LogP contribution >= 0.6 is 0 Å². The van der Waals surface area contributed by atoms with Gasteiger partial charge in [0.2, 0.25) is 0 Å². The minimum Gasteiger partial charge on any atom is -0.459 e. The van der Waals surface area contributed by atoms with Crippen molar-refractivity contribution in [1.82, 2.24) is 0 Å². The highest BCUT2D eigenvalue weighted by molar-refractivity contribution is 6.74. The highest BCUT2D eigenvalue weighted by Gasteiger charge is 2.67. The van der Waals surface area contributed by atoms with Crippen LogP contribution in [0.25, 0.3) is 0 Å². The van der Waals surface area contributed by atoms with Crippen LogP contribution in [0.4, 0.5) is 0 Å². The fourth-order valence-corrected chi connectivity index (χ4v) is 8.34. The first-order valence-corrected chi connectivity index (χ1v) is 16.4. The maximum absolute atomic E-state index is 13.8. The summed E-state index contributed by atoms with van der Waals surface area (Å²) in [5.41, 5.74) is 0.975. The molecule has 0 aromatic carbocycles. The van der Waals surface area contributed by atoms with Crippen LogP contribution < -0.4 is 0 Å². The maximum Gasteiger partial charge on any atom is 0.303 e. The van der Waals surface area contributed by atoms with Gasteiger partial charge < -0.3 is 23.4 Å². The van der Waals surface area contributed by atoms with Crippen molar-refractivity contribution in [3.8, 4) is 0 Å². The number of ether oxygens (including phenoxy) is 4. The second kappa shape index (κ2) is 9.29. The Kier molecular flexibility index (Phi) is 7.22. The summed E-state index contributed by atoms with van der Waals surface area (Å²) in [5.74, 6) is -0.803. The first-order valence-electron chi connectivity index (χ1n) is 13.5. The summed E-state index contributed by atoms with van der Waals surface area (Å²) < 4.78 is 31.3. The number of Topliss-reactive ketones (excluding diaryl/α,β-unsaturated/α-hetero) is 1. The van der Waals surface area contributed by atoms with Crippen LogP contribution in [0.5, 0.6) is 0 Å². The van der Waals surface area contributed by atoms with Crippen LogP contribution in [-0.2, 0) is 33.0 Å². The molecule has 0 unspecified atom stereocenters. The molecule has 1 saturated carbocycles. The molecule has 1 heterocycles. The van der Waals surface area contributed by atoms with E-state index in [2.05, 4.69) is 47.7 Å².